The van der Waals surface area contributed by atoms with E-state index in [4.69, 9.17) is 26.3 Å². The Kier molecular flexibility index (Phi) is 10.4. The van der Waals surface area contributed by atoms with Gasteiger partial charge >= 0.3 is 5.97 Å². The number of hydrogen-bond acceptors (Lipinski definition) is 6. The number of benzene rings is 2. The third kappa shape index (κ3) is 8.55. The number of anilines is 2. The fourth-order valence-electron chi connectivity index (χ4n) is 3.84. The molecule has 0 aliphatic heterocycles. The van der Waals surface area contributed by atoms with Crippen LogP contribution in [0.25, 0.3) is 0 Å². The SMILES string of the molecule is CCCOCCCc1nc(Cc2ccc(NC(=O)c3ccc(Cl)cc3)cc2)nc(N(C)C)c1CC(=O)O. The van der Waals surface area contributed by atoms with Crippen molar-refractivity contribution in [3.8, 4) is 0 Å². The number of carboxylic acid groups (broad SMARTS) is 1. The summed E-state index contributed by atoms with van der Waals surface area (Å²) in [6.07, 6.45) is 2.65. The Morgan fingerprint density at radius 3 is 2.35 bits per heavy atom. The molecule has 0 unspecified atom stereocenters. The number of carboxylic acids is 1. The molecule has 3 rings (SSSR count). The van der Waals surface area contributed by atoms with Crippen LogP contribution in [0.1, 0.15) is 52.8 Å². The van der Waals surface area contributed by atoms with Crippen molar-refractivity contribution in [3.63, 3.8) is 0 Å². The van der Waals surface area contributed by atoms with E-state index in [2.05, 4.69) is 12.2 Å². The number of nitrogens with zero attached hydrogens (tertiary/aromatic N) is 3. The zero-order valence-electron chi connectivity index (χ0n) is 21.5. The first kappa shape index (κ1) is 28.1. The number of aliphatic carboxylic acids is 1. The van der Waals surface area contributed by atoms with Crippen LogP contribution < -0.4 is 10.2 Å². The molecule has 2 N–H and O–H groups in total. The van der Waals surface area contributed by atoms with Gasteiger partial charge in [0.2, 0.25) is 0 Å². The molecule has 0 aliphatic carbocycles. The van der Waals surface area contributed by atoms with E-state index < -0.39 is 5.97 Å². The second kappa shape index (κ2) is 13.7. The van der Waals surface area contributed by atoms with Gasteiger partial charge in [-0.2, -0.15) is 0 Å². The summed E-state index contributed by atoms with van der Waals surface area (Å²) in [5.41, 5.74) is 3.53. The van der Waals surface area contributed by atoms with E-state index >= 15 is 0 Å². The molecule has 0 spiro atoms. The smallest absolute Gasteiger partial charge is 0.308 e. The second-order valence-corrected chi connectivity index (χ2v) is 9.34. The molecule has 1 amide bonds. The van der Waals surface area contributed by atoms with Gasteiger partial charge in [-0.3, -0.25) is 9.59 Å². The van der Waals surface area contributed by atoms with E-state index in [1.54, 1.807) is 24.3 Å². The number of nitrogens with one attached hydrogen (secondary N) is 1. The van der Waals surface area contributed by atoms with E-state index in [0.717, 1.165) is 24.1 Å². The maximum atomic E-state index is 12.5. The van der Waals surface area contributed by atoms with Gasteiger partial charge in [-0.1, -0.05) is 30.7 Å². The standard InChI is InChI=1S/C28H33ClN4O4/c1-4-15-37-16-5-6-24-23(18-26(34)35)27(33(2)3)32-25(31-24)17-19-7-13-22(14-8-19)30-28(36)20-9-11-21(29)12-10-20/h7-14H,4-6,15-18H2,1-3H3,(H,30,36)(H,34,35). The maximum Gasteiger partial charge on any atom is 0.308 e. The first-order chi connectivity index (χ1) is 17.8. The highest BCUT2D eigenvalue weighted by molar-refractivity contribution is 6.30. The predicted octanol–water partition coefficient (Wildman–Crippen LogP) is 5.03. The normalized spacial score (nSPS) is 10.8. The molecule has 0 fully saturated rings. The van der Waals surface area contributed by atoms with Crippen LogP contribution in [0.3, 0.4) is 0 Å². The summed E-state index contributed by atoms with van der Waals surface area (Å²) in [6, 6.07) is 14.2. The molecule has 9 heteroatoms. The van der Waals surface area contributed by atoms with Gasteiger partial charge in [0.1, 0.15) is 11.6 Å². The highest BCUT2D eigenvalue weighted by Gasteiger charge is 2.19. The van der Waals surface area contributed by atoms with Crippen LogP contribution in [0.15, 0.2) is 48.5 Å². The summed E-state index contributed by atoms with van der Waals surface area (Å²) in [4.78, 5) is 35.3. The van der Waals surface area contributed by atoms with E-state index in [1.807, 2.05) is 43.3 Å². The zero-order valence-corrected chi connectivity index (χ0v) is 22.2. The van der Waals surface area contributed by atoms with Crippen molar-refractivity contribution in [1.29, 1.82) is 0 Å². The monoisotopic (exact) mass is 524 g/mol. The Balaban J connectivity index is 1.77. The van der Waals surface area contributed by atoms with Crippen molar-refractivity contribution >= 4 is 35.0 Å². The number of carbonyl (C=O) groups excluding carboxylic acids is 1. The summed E-state index contributed by atoms with van der Waals surface area (Å²) in [7, 11) is 3.70. The van der Waals surface area contributed by atoms with Crippen LogP contribution in [0, 0.1) is 0 Å². The van der Waals surface area contributed by atoms with Gasteiger partial charge in [-0.15, -0.1) is 0 Å². The molecular formula is C28H33ClN4O4. The maximum absolute atomic E-state index is 12.5. The third-order valence-electron chi connectivity index (χ3n) is 5.60. The molecule has 1 heterocycles. The Morgan fingerprint density at radius 2 is 1.73 bits per heavy atom. The second-order valence-electron chi connectivity index (χ2n) is 8.90. The first-order valence-corrected chi connectivity index (χ1v) is 12.7. The lowest BCUT2D eigenvalue weighted by atomic mass is 10.1. The molecule has 2 aromatic carbocycles. The summed E-state index contributed by atoms with van der Waals surface area (Å²) >= 11 is 5.89. The lowest BCUT2D eigenvalue weighted by Gasteiger charge is -2.20. The summed E-state index contributed by atoms with van der Waals surface area (Å²) in [6.45, 7) is 3.36. The Hall–Kier alpha value is -3.49. The van der Waals surface area contributed by atoms with E-state index in [0.29, 0.717) is 59.5 Å². The van der Waals surface area contributed by atoms with E-state index in [9.17, 15) is 14.7 Å². The number of amides is 1. The lowest BCUT2D eigenvalue weighted by Crippen LogP contribution is -2.20. The molecule has 196 valence electrons. The van der Waals surface area contributed by atoms with Gasteiger partial charge in [-0.25, -0.2) is 9.97 Å². The molecule has 0 radical (unpaired) electrons. The molecule has 8 nitrogen and oxygen atoms in total. The predicted molar refractivity (Wildman–Crippen MR) is 146 cm³/mol. The van der Waals surface area contributed by atoms with E-state index in [1.165, 1.54) is 0 Å². The molecule has 0 saturated heterocycles. The van der Waals surface area contributed by atoms with Crippen molar-refractivity contribution in [3.05, 3.63) is 81.8 Å². The molecule has 0 saturated carbocycles. The summed E-state index contributed by atoms with van der Waals surface area (Å²) in [5.74, 6) is 0.0908. The van der Waals surface area contributed by atoms with Gasteiger partial charge in [0.15, 0.2) is 0 Å². The summed E-state index contributed by atoms with van der Waals surface area (Å²) < 4.78 is 5.60. The Morgan fingerprint density at radius 1 is 1.03 bits per heavy atom. The van der Waals surface area contributed by atoms with Gasteiger partial charge in [0.25, 0.3) is 5.91 Å². The number of aryl methyl sites for hydroxylation is 1. The highest BCUT2D eigenvalue weighted by Crippen LogP contribution is 2.23. The molecule has 0 atom stereocenters. The Labute approximate surface area is 222 Å². The fourth-order valence-corrected chi connectivity index (χ4v) is 3.96. The molecule has 0 aliphatic rings. The molecule has 3 aromatic rings. The largest absolute Gasteiger partial charge is 0.481 e. The fraction of sp³-hybridized carbons (Fsp3) is 0.357. The topological polar surface area (TPSA) is 105 Å². The highest BCUT2D eigenvalue weighted by atomic mass is 35.5. The molecule has 1 aromatic heterocycles. The lowest BCUT2D eigenvalue weighted by molar-refractivity contribution is -0.136. The zero-order chi connectivity index (χ0) is 26.8. The average Bonchev–Trinajstić information content (AvgIpc) is 2.86. The Bertz CT molecular complexity index is 1200. The van der Waals surface area contributed by atoms with Crippen molar-refractivity contribution < 1.29 is 19.4 Å². The minimum absolute atomic E-state index is 0.138. The van der Waals surface area contributed by atoms with Gasteiger partial charge in [-0.05, 0) is 61.2 Å². The van der Waals surface area contributed by atoms with Gasteiger partial charge in [0.05, 0.1) is 12.1 Å². The van der Waals surface area contributed by atoms with Crippen LogP contribution in [0.4, 0.5) is 11.5 Å². The number of rotatable bonds is 13. The average molecular weight is 525 g/mol. The van der Waals surface area contributed by atoms with Crippen LogP contribution in [-0.2, 0) is 28.8 Å². The quantitative estimate of drug-likeness (QED) is 0.302. The van der Waals surface area contributed by atoms with Crippen LogP contribution >= 0.6 is 11.6 Å². The molecule has 37 heavy (non-hydrogen) atoms. The van der Waals surface area contributed by atoms with Crippen LogP contribution in [0.2, 0.25) is 5.02 Å². The number of carbonyl (C=O) groups is 2. The molecule has 0 bridgehead atoms. The van der Waals surface area contributed by atoms with Crippen LogP contribution in [0.5, 0.6) is 0 Å². The van der Waals surface area contributed by atoms with Gasteiger partial charge < -0.3 is 20.1 Å². The first-order valence-electron chi connectivity index (χ1n) is 12.3. The van der Waals surface area contributed by atoms with Crippen molar-refractivity contribution in [2.45, 2.75) is 39.0 Å². The van der Waals surface area contributed by atoms with Gasteiger partial charge in [0, 0.05) is 55.6 Å². The number of aromatic nitrogens is 2. The van der Waals surface area contributed by atoms with Crippen LogP contribution in [-0.4, -0.2) is 54.3 Å². The number of hydrogen-bond donors (Lipinski definition) is 2. The minimum atomic E-state index is -0.917. The summed E-state index contributed by atoms with van der Waals surface area (Å²) in [5, 5.41) is 12.9. The number of halogens is 1. The van der Waals surface area contributed by atoms with Crippen molar-refractivity contribution in [2.75, 3.05) is 37.5 Å². The van der Waals surface area contributed by atoms with Crippen molar-refractivity contribution in [1.82, 2.24) is 9.97 Å². The third-order valence-corrected chi connectivity index (χ3v) is 5.85. The minimum Gasteiger partial charge on any atom is -0.481 e. The molecular weight excluding hydrogens is 492 g/mol. The van der Waals surface area contributed by atoms with Crippen molar-refractivity contribution in [2.24, 2.45) is 0 Å². The number of ether oxygens (including phenoxy) is 1. The van der Waals surface area contributed by atoms with E-state index in [-0.39, 0.29) is 12.3 Å².